The van der Waals surface area contributed by atoms with E-state index in [-0.39, 0.29) is 19.0 Å². The molecule has 0 spiro atoms. The molecule has 0 aliphatic carbocycles. The van der Waals surface area contributed by atoms with Gasteiger partial charge in [0.15, 0.2) is 0 Å². The first-order valence-electron chi connectivity index (χ1n) is 11.2. The number of hydrogen-bond donors (Lipinski definition) is 1. The van der Waals surface area contributed by atoms with Crippen LogP contribution in [-0.4, -0.2) is 56.5 Å². The molecule has 0 atom stereocenters. The maximum Gasteiger partial charge on any atom is 0.340 e. The first kappa shape index (κ1) is 27.0. The number of hydrogen-bond acceptors (Lipinski definition) is 6. The number of nitrogens with one attached hydrogen (secondary N) is 1. The normalized spacial score (nSPS) is 13.8. The van der Waals surface area contributed by atoms with Crippen molar-refractivity contribution in [3.63, 3.8) is 0 Å². The minimum atomic E-state index is -0.440. The Morgan fingerprint density at radius 1 is 1.14 bits per heavy atom. The molecule has 1 fully saturated rings. The van der Waals surface area contributed by atoms with Crippen LogP contribution >= 0.6 is 15.9 Å². The van der Waals surface area contributed by atoms with E-state index >= 15 is 0 Å². The number of carbonyl (C=O) groups excluding carboxylic acids is 2. The van der Waals surface area contributed by atoms with Gasteiger partial charge >= 0.3 is 11.9 Å². The molecule has 35 heavy (non-hydrogen) atoms. The molecule has 0 unspecified atom stereocenters. The van der Waals surface area contributed by atoms with Crippen molar-refractivity contribution in [1.29, 1.82) is 0 Å². The van der Waals surface area contributed by atoms with Crippen molar-refractivity contribution >= 4 is 38.8 Å². The number of ether oxygens (including phenoxy) is 4. The molecular formula is C25H28BrClN2O6. The molecule has 1 aromatic heterocycles. The Morgan fingerprint density at radius 2 is 1.83 bits per heavy atom. The van der Waals surface area contributed by atoms with Crippen molar-refractivity contribution in [2.75, 3.05) is 40.0 Å². The highest BCUT2D eigenvalue weighted by molar-refractivity contribution is 9.10. The van der Waals surface area contributed by atoms with E-state index in [2.05, 4.69) is 20.5 Å². The van der Waals surface area contributed by atoms with Crippen molar-refractivity contribution in [1.82, 2.24) is 4.57 Å². The van der Waals surface area contributed by atoms with Gasteiger partial charge in [-0.3, -0.25) is 4.79 Å². The molecule has 188 valence electrons. The molecule has 1 aliphatic rings. The van der Waals surface area contributed by atoms with Gasteiger partial charge in [-0.05, 0) is 59.3 Å². The Morgan fingerprint density at radius 3 is 2.43 bits per heavy atom. The highest BCUT2D eigenvalue weighted by Crippen LogP contribution is 2.37. The smallest absolute Gasteiger partial charge is 0.340 e. The van der Waals surface area contributed by atoms with Crippen LogP contribution in [0, 0.1) is 0 Å². The summed E-state index contributed by atoms with van der Waals surface area (Å²) < 4.78 is 24.4. The fourth-order valence-corrected chi connectivity index (χ4v) is 4.68. The molecule has 1 aliphatic heterocycles. The number of quaternary nitrogens is 1. The van der Waals surface area contributed by atoms with Crippen LogP contribution in [0.5, 0.6) is 11.5 Å². The van der Waals surface area contributed by atoms with Gasteiger partial charge in [0.25, 0.3) is 0 Å². The van der Waals surface area contributed by atoms with E-state index in [1.54, 1.807) is 20.1 Å². The van der Waals surface area contributed by atoms with Crippen LogP contribution in [0.15, 0.2) is 40.9 Å². The quantitative estimate of drug-likeness (QED) is 0.318. The second-order valence-electron chi connectivity index (χ2n) is 8.01. The van der Waals surface area contributed by atoms with Gasteiger partial charge in [0.1, 0.15) is 31.1 Å². The summed E-state index contributed by atoms with van der Waals surface area (Å²) in [4.78, 5) is 26.3. The highest BCUT2D eigenvalue weighted by atomic mass is 79.9. The summed E-state index contributed by atoms with van der Waals surface area (Å²) in [5, 5.41) is 0.663. The number of esters is 2. The average Bonchev–Trinajstić information content (AvgIpc) is 3.12. The van der Waals surface area contributed by atoms with Gasteiger partial charge in [0.05, 0.1) is 48.2 Å². The lowest BCUT2D eigenvalue weighted by Crippen LogP contribution is -3.12. The Labute approximate surface area is 218 Å². The van der Waals surface area contributed by atoms with Gasteiger partial charge in [-0.2, -0.15) is 0 Å². The first-order valence-corrected chi connectivity index (χ1v) is 12.0. The zero-order valence-electron chi connectivity index (χ0n) is 19.9. The summed E-state index contributed by atoms with van der Waals surface area (Å²) in [6, 6.07) is 11.3. The predicted molar refractivity (Wildman–Crippen MR) is 130 cm³/mol. The number of nitrogens with zero attached hydrogens (tertiary/aromatic N) is 1. The molecule has 0 radical (unpaired) electrons. The number of carbonyl (C=O) groups is 2. The summed E-state index contributed by atoms with van der Waals surface area (Å²) in [7, 11) is 1.62. The van der Waals surface area contributed by atoms with E-state index in [0.29, 0.717) is 40.9 Å². The second-order valence-corrected chi connectivity index (χ2v) is 8.86. The van der Waals surface area contributed by atoms with E-state index < -0.39 is 11.9 Å². The lowest BCUT2D eigenvalue weighted by atomic mass is 10.1. The Bertz CT molecular complexity index is 1210. The summed E-state index contributed by atoms with van der Waals surface area (Å²) >= 11 is 3.53. The topological polar surface area (TPSA) is 80.4 Å². The third-order valence-electron chi connectivity index (χ3n) is 5.80. The molecule has 3 aromatic rings. The molecule has 0 amide bonds. The molecule has 2 aromatic carbocycles. The summed E-state index contributed by atoms with van der Waals surface area (Å²) in [6.45, 7) is 7.03. The molecule has 2 heterocycles. The zero-order chi connectivity index (χ0) is 24.2. The zero-order valence-corrected chi connectivity index (χ0v) is 22.2. The second kappa shape index (κ2) is 11.9. The van der Waals surface area contributed by atoms with E-state index in [4.69, 9.17) is 18.9 Å². The van der Waals surface area contributed by atoms with Crippen LogP contribution in [0.3, 0.4) is 0 Å². The minimum absolute atomic E-state index is 0. The Balaban J connectivity index is 0.00000342. The van der Waals surface area contributed by atoms with Crippen molar-refractivity contribution < 1.29 is 45.8 Å². The maximum absolute atomic E-state index is 13.3. The molecule has 8 nitrogen and oxygen atoms in total. The van der Waals surface area contributed by atoms with Gasteiger partial charge in [0.2, 0.25) is 0 Å². The van der Waals surface area contributed by atoms with Gasteiger partial charge in [-0.15, -0.1) is 0 Å². The van der Waals surface area contributed by atoms with Crippen molar-refractivity contribution in [2.24, 2.45) is 0 Å². The van der Waals surface area contributed by atoms with Crippen LogP contribution in [0.1, 0.15) is 29.9 Å². The van der Waals surface area contributed by atoms with Crippen LogP contribution in [0.4, 0.5) is 0 Å². The standard InChI is InChI=1S/C25H27BrN2O6.ClH/c1-4-33-25(30)24-19-13-23(34-16(2)29)20(26)14-21(19)28(17-5-7-18(31-3)8-6-17)22(24)15-27-9-11-32-12-10-27;/h5-8,13-14H,4,9-12,15H2,1-3H3;1H. The predicted octanol–water partition coefficient (Wildman–Crippen LogP) is -0.0773. The van der Waals surface area contributed by atoms with Crippen LogP contribution < -0.4 is 26.8 Å². The number of fused-ring (bicyclic) bond motifs is 1. The fraction of sp³-hybridized carbons (Fsp3) is 0.360. The van der Waals surface area contributed by atoms with Crippen molar-refractivity contribution in [3.8, 4) is 17.2 Å². The van der Waals surface area contributed by atoms with E-state index in [0.717, 1.165) is 35.7 Å². The third kappa shape index (κ3) is 5.81. The van der Waals surface area contributed by atoms with Gasteiger partial charge in [0, 0.05) is 18.0 Å². The molecule has 0 saturated carbocycles. The summed E-state index contributed by atoms with van der Waals surface area (Å²) in [6.07, 6.45) is 0. The molecule has 1 N–H and O–H groups in total. The number of benzene rings is 2. The third-order valence-corrected chi connectivity index (χ3v) is 6.42. The minimum Gasteiger partial charge on any atom is -1.00 e. The van der Waals surface area contributed by atoms with Gasteiger partial charge < -0.3 is 40.8 Å². The Kier molecular flexibility index (Phi) is 9.18. The number of halogens is 2. The number of methoxy groups -OCH3 is 1. The van der Waals surface area contributed by atoms with Crippen LogP contribution in [0.2, 0.25) is 0 Å². The lowest BCUT2D eigenvalue weighted by Gasteiger charge is -2.25. The number of rotatable bonds is 7. The van der Waals surface area contributed by atoms with E-state index in [1.807, 2.05) is 30.3 Å². The monoisotopic (exact) mass is 566 g/mol. The SMILES string of the molecule is CCOC(=O)c1c(C[NH+]2CCOCC2)n(-c2ccc(OC)cc2)c2cc(Br)c(OC(C)=O)cc12.[Cl-]. The summed E-state index contributed by atoms with van der Waals surface area (Å²) in [5.74, 6) is 0.246. The maximum atomic E-state index is 13.3. The van der Waals surface area contributed by atoms with E-state index in [1.165, 1.54) is 11.8 Å². The average molecular weight is 568 g/mol. The molecular weight excluding hydrogens is 540 g/mol. The first-order chi connectivity index (χ1) is 16.4. The fourth-order valence-electron chi connectivity index (χ4n) is 4.27. The van der Waals surface area contributed by atoms with Crippen LogP contribution in [-0.2, 0) is 20.8 Å². The molecule has 0 bridgehead atoms. The lowest BCUT2D eigenvalue weighted by molar-refractivity contribution is -0.921. The number of morpholine rings is 1. The van der Waals surface area contributed by atoms with Crippen molar-refractivity contribution in [3.05, 3.63) is 52.1 Å². The van der Waals surface area contributed by atoms with Crippen LogP contribution in [0.25, 0.3) is 16.6 Å². The van der Waals surface area contributed by atoms with Crippen molar-refractivity contribution in [2.45, 2.75) is 20.4 Å². The number of aromatic nitrogens is 1. The summed E-state index contributed by atoms with van der Waals surface area (Å²) in [5.41, 5.74) is 3.00. The van der Waals surface area contributed by atoms with Gasteiger partial charge in [-0.25, -0.2) is 4.79 Å². The molecule has 10 heteroatoms. The highest BCUT2D eigenvalue weighted by Gasteiger charge is 2.29. The largest absolute Gasteiger partial charge is 1.00 e. The molecule has 1 saturated heterocycles. The van der Waals surface area contributed by atoms with Gasteiger partial charge in [-0.1, -0.05) is 0 Å². The van der Waals surface area contributed by atoms with E-state index in [9.17, 15) is 9.59 Å². The Hall–Kier alpha value is -2.59. The molecule has 4 rings (SSSR count).